The SMILES string of the molecule is CCCCO.CCCCO.CCCCO.F[SiH](F)[c-]1cccc1.[Zr]. The molecule has 0 fully saturated rings. The normalized spacial score (nSPS) is 8.71. The predicted octanol–water partition coefficient (Wildman–Crippen LogP) is 3.11. The summed E-state index contributed by atoms with van der Waals surface area (Å²) >= 11 is 0. The van der Waals surface area contributed by atoms with Gasteiger partial charge in [-0.05, 0) is 19.3 Å². The monoisotopic (exact) mass is 443 g/mol. The van der Waals surface area contributed by atoms with E-state index in [9.17, 15) is 8.22 Å². The van der Waals surface area contributed by atoms with Crippen molar-refractivity contribution in [3.8, 4) is 0 Å². The molecule has 0 radical (unpaired) electrons. The Morgan fingerprint density at radius 3 is 1.12 bits per heavy atom. The van der Waals surface area contributed by atoms with Gasteiger partial charge in [-0.25, -0.2) is 12.1 Å². The summed E-state index contributed by atoms with van der Waals surface area (Å²) in [6.07, 6.45) is 6.11. The molecule has 1 rings (SSSR count). The molecular weight excluding hydrogens is 409 g/mol. The van der Waals surface area contributed by atoms with E-state index in [1.807, 2.05) is 0 Å². The summed E-state index contributed by atoms with van der Waals surface area (Å²) in [6.45, 7) is 7.19. The van der Waals surface area contributed by atoms with Crippen LogP contribution in [0, 0.1) is 0 Å². The number of aliphatic hydroxyl groups excluding tert-OH is 3. The number of unbranched alkanes of at least 4 members (excludes halogenated alkanes) is 3. The molecule has 0 unspecified atom stereocenters. The van der Waals surface area contributed by atoms with Gasteiger partial charge in [0.05, 0.1) is 0 Å². The van der Waals surface area contributed by atoms with E-state index >= 15 is 0 Å². The summed E-state index contributed by atoms with van der Waals surface area (Å²) in [5.41, 5.74) is 0. The third kappa shape index (κ3) is 33.7. The van der Waals surface area contributed by atoms with Crippen LogP contribution in [-0.4, -0.2) is 44.6 Å². The van der Waals surface area contributed by atoms with Crippen LogP contribution in [-0.2, 0) is 26.2 Å². The Bertz CT molecular complexity index is 257. The van der Waals surface area contributed by atoms with Gasteiger partial charge in [0, 0.05) is 46.0 Å². The third-order valence-corrected chi connectivity index (χ3v) is 3.36. The van der Waals surface area contributed by atoms with Crippen LogP contribution in [0.15, 0.2) is 24.3 Å². The van der Waals surface area contributed by atoms with Gasteiger partial charge in [0.1, 0.15) is 0 Å². The van der Waals surface area contributed by atoms with Crippen molar-refractivity contribution in [1.29, 1.82) is 0 Å². The molecule has 3 N–H and O–H groups in total. The first-order valence-electron chi connectivity index (χ1n) is 8.37. The van der Waals surface area contributed by atoms with Crippen molar-refractivity contribution >= 4 is 14.7 Å². The zero-order valence-electron chi connectivity index (χ0n) is 15.3. The van der Waals surface area contributed by atoms with Gasteiger partial charge in [-0.2, -0.15) is 12.1 Å². The maximum absolute atomic E-state index is 11.7. The molecule has 0 aromatic heterocycles. The van der Waals surface area contributed by atoms with E-state index in [1.165, 1.54) is 12.1 Å². The van der Waals surface area contributed by atoms with Crippen molar-refractivity contribution in [2.24, 2.45) is 0 Å². The standard InChI is InChI=1S/C5H5F2Si.3C4H10O.Zr/c6-8(7)5-3-1-2-4-5;3*1-2-3-4-5;/h1-4,8H;3*5H,2-4H2,1H3;/q-1;;;;. The predicted molar refractivity (Wildman–Crippen MR) is 97.0 cm³/mol. The largest absolute Gasteiger partial charge is 0.396 e. The van der Waals surface area contributed by atoms with E-state index in [4.69, 9.17) is 15.3 Å². The Morgan fingerprint density at radius 1 is 0.750 bits per heavy atom. The molecule has 0 spiro atoms. The second-order valence-electron chi connectivity index (χ2n) is 4.75. The molecule has 0 heterocycles. The minimum atomic E-state index is -3.48. The first-order valence-corrected chi connectivity index (χ1v) is 9.82. The number of hydrogen-bond acceptors (Lipinski definition) is 3. The average Bonchev–Trinajstić information content (AvgIpc) is 3.06. The number of aliphatic hydroxyl groups is 3. The van der Waals surface area contributed by atoms with Gasteiger partial charge in [-0.3, -0.25) is 8.22 Å². The average molecular weight is 445 g/mol. The van der Waals surface area contributed by atoms with E-state index < -0.39 is 9.46 Å². The van der Waals surface area contributed by atoms with Crippen molar-refractivity contribution in [3.05, 3.63) is 24.3 Å². The Hall–Kier alpha value is 0.190. The van der Waals surface area contributed by atoms with Crippen LogP contribution in [0.5, 0.6) is 0 Å². The van der Waals surface area contributed by atoms with Crippen LogP contribution in [0.3, 0.4) is 0 Å². The maximum atomic E-state index is 11.7. The molecule has 144 valence electrons. The molecule has 7 heteroatoms. The minimum absolute atomic E-state index is 0. The van der Waals surface area contributed by atoms with Gasteiger partial charge in [0.25, 0.3) is 0 Å². The molecule has 1 aromatic carbocycles. The van der Waals surface area contributed by atoms with Crippen molar-refractivity contribution in [1.82, 2.24) is 0 Å². The first kappa shape index (κ1) is 31.9. The summed E-state index contributed by atoms with van der Waals surface area (Å²) in [6, 6.07) is 6.21. The fourth-order valence-electron chi connectivity index (χ4n) is 1.01. The number of halogens is 2. The van der Waals surface area contributed by atoms with Crippen LogP contribution < -0.4 is 5.19 Å². The summed E-state index contributed by atoms with van der Waals surface area (Å²) in [5.74, 6) is 0. The zero-order chi connectivity index (χ0) is 18.3. The van der Waals surface area contributed by atoms with E-state index in [2.05, 4.69) is 20.8 Å². The molecule has 0 bridgehead atoms. The number of rotatable bonds is 7. The molecule has 0 atom stereocenters. The summed E-state index contributed by atoms with van der Waals surface area (Å²) in [5, 5.41) is 24.4. The molecule has 1 aromatic rings. The van der Waals surface area contributed by atoms with Gasteiger partial charge in [0.15, 0.2) is 0 Å². The fraction of sp³-hybridized carbons (Fsp3) is 0.706. The van der Waals surface area contributed by atoms with E-state index in [1.54, 1.807) is 12.1 Å². The van der Waals surface area contributed by atoms with Crippen molar-refractivity contribution in [3.63, 3.8) is 0 Å². The minimum Gasteiger partial charge on any atom is -0.396 e. The molecule has 0 amide bonds. The fourth-order valence-corrected chi connectivity index (χ4v) is 1.52. The van der Waals surface area contributed by atoms with E-state index in [0.29, 0.717) is 19.8 Å². The van der Waals surface area contributed by atoms with Crippen LogP contribution in [0.2, 0.25) is 0 Å². The molecular formula is C17H35F2O3SiZr-. The van der Waals surface area contributed by atoms with E-state index in [0.717, 1.165) is 38.5 Å². The molecule has 3 nitrogen and oxygen atoms in total. The van der Waals surface area contributed by atoms with Gasteiger partial charge in [0.2, 0.25) is 0 Å². The Kier molecular flexibility index (Phi) is 41.2. The molecule has 0 saturated carbocycles. The maximum Gasteiger partial charge on any atom is 0.387 e. The smallest absolute Gasteiger partial charge is 0.387 e. The Labute approximate surface area is 167 Å². The van der Waals surface area contributed by atoms with Crippen LogP contribution >= 0.6 is 0 Å². The van der Waals surface area contributed by atoms with Crippen molar-refractivity contribution in [2.75, 3.05) is 19.8 Å². The van der Waals surface area contributed by atoms with Crippen LogP contribution in [0.1, 0.15) is 59.3 Å². The van der Waals surface area contributed by atoms with Crippen molar-refractivity contribution in [2.45, 2.75) is 59.3 Å². The van der Waals surface area contributed by atoms with Gasteiger partial charge < -0.3 is 15.3 Å². The zero-order valence-corrected chi connectivity index (χ0v) is 19.0. The van der Waals surface area contributed by atoms with Crippen molar-refractivity contribution < 1.29 is 49.7 Å². The second-order valence-corrected chi connectivity index (χ2v) is 6.02. The molecule has 0 aliphatic heterocycles. The molecule has 0 aliphatic rings. The third-order valence-electron chi connectivity index (χ3n) is 2.48. The molecule has 0 saturated heterocycles. The summed E-state index contributed by atoms with van der Waals surface area (Å²) < 4.78 is 23.5. The van der Waals surface area contributed by atoms with Gasteiger partial charge in [-0.15, -0.1) is 5.19 Å². The number of hydrogen-bond donors (Lipinski definition) is 3. The molecule has 24 heavy (non-hydrogen) atoms. The first-order chi connectivity index (χ1) is 11.0. The van der Waals surface area contributed by atoms with E-state index in [-0.39, 0.29) is 31.4 Å². The van der Waals surface area contributed by atoms with Crippen LogP contribution in [0.4, 0.5) is 8.22 Å². The molecule has 0 aliphatic carbocycles. The quantitative estimate of drug-likeness (QED) is 0.344. The summed E-state index contributed by atoms with van der Waals surface area (Å²) in [4.78, 5) is 0. The Morgan fingerprint density at radius 2 is 1.04 bits per heavy atom. The van der Waals surface area contributed by atoms with Crippen LogP contribution in [0.25, 0.3) is 0 Å². The van der Waals surface area contributed by atoms with Gasteiger partial charge in [-0.1, -0.05) is 40.0 Å². The van der Waals surface area contributed by atoms with Gasteiger partial charge >= 0.3 is 9.46 Å². The second kappa shape index (κ2) is 31.0. The topological polar surface area (TPSA) is 60.7 Å². The summed E-state index contributed by atoms with van der Waals surface area (Å²) in [7, 11) is -3.48. The Balaban J connectivity index is -0.000000113.